The minimum atomic E-state index is -0.868. The average molecular weight is 210 g/mol. The van der Waals surface area contributed by atoms with Crippen molar-refractivity contribution in [2.24, 2.45) is 0 Å². The molecule has 1 aromatic carbocycles. The van der Waals surface area contributed by atoms with Gasteiger partial charge in [-0.2, -0.15) is 12.6 Å². The summed E-state index contributed by atoms with van der Waals surface area (Å²) in [5, 5.41) is 8.09. The molecular weight excluding hydrogens is 196 g/mol. The molecule has 0 aliphatic rings. The second-order valence-corrected chi connectivity index (χ2v) is 4.18. The minimum Gasteiger partial charge on any atom is -0.480 e. The van der Waals surface area contributed by atoms with Crippen LogP contribution in [0.3, 0.4) is 0 Å². The summed E-state index contributed by atoms with van der Waals surface area (Å²) in [6, 6.07) is 6.07. The molecule has 0 aliphatic heterocycles. The van der Waals surface area contributed by atoms with Crippen molar-refractivity contribution in [2.45, 2.75) is 25.5 Å². The number of hydrogen-bond acceptors (Lipinski definition) is 2. The molecule has 0 aromatic heterocycles. The molecule has 3 heteroatoms. The molecule has 76 valence electrons. The Hall–Kier alpha value is -0.960. The van der Waals surface area contributed by atoms with E-state index in [1.54, 1.807) is 0 Å². The quantitative estimate of drug-likeness (QED) is 0.751. The maximum atomic E-state index is 10.6. The molecule has 0 heterocycles. The number of thiol groups is 1. The summed E-state index contributed by atoms with van der Waals surface area (Å²) in [7, 11) is 0. The lowest BCUT2D eigenvalue weighted by molar-refractivity contribution is -0.136. The van der Waals surface area contributed by atoms with Crippen LogP contribution in [0.1, 0.15) is 16.7 Å². The third-order valence-electron chi connectivity index (χ3n) is 2.00. The van der Waals surface area contributed by atoms with Crippen molar-refractivity contribution in [2.75, 3.05) is 0 Å². The van der Waals surface area contributed by atoms with Crippen LogP contribution < -0.4 is 0 Å². The van der Waals surface area contributed by atoms with E-state index < -0.39 is 11.2 Å². The van der Waals surface area contributed by atoms with E-state index in [2.05, 4.69) is 18.7 Å². The van der Waals surface area contributed by atoms with Gasteiger partial charge in [-0.15, -0.1) is 0 Å². The van der Waals surface area contributed by atoms with Gasteiger partial charge in [0.25, 0.3) is 0 Å². The second-order valence-electron chi connectivity index (χ2n) is 3.55. The largest absolute Gasteiger partial charge is 0.480 e. The van der Waals surface area contributed by atoms with Crippen LogP contribution in [0.2, 0.25) is 0 Å². The van der Waals surface area contributed by atoms with Crippen LogP contribution in [-0.2, 0) is 11.2 Å². The highest BCUT2D eigenvalue weighted by Gasteiger charge is 2.12. The van der Waals surface area contributed by atoms with Gasteiger partial charge in [0.2, 0.25) is 0 Å². The summed E-state index contributed by atoms with van der Waals surface area (Å²) >= 11 is 4.01. The van der Waals surface area contributed by atoms with Crippen LogP contribution in [-0.4, -0.2) is 16.3 Å². The molecule has 1 aromatic rings. The van der Waals surface area contributed by atoms with E-state index in [0.717, 1.165) is 16.7 Å². The van der Waals surface area contributed by atoms with Gasteiger partial charge in [-0.1, -0.05) is 29.3 Å². The van der Waals surface area contributed by atoms with Gasteiger partial charge >= 0.3 is 5.97 Å². The summed E-state index contributed by atoms with van der Waals surface area (Å²) in [6.07, 6.45) is 0.473. The highest BCUT2D eigenvalue weighted by atomic mass is 32.1. The van der Waals surface area contributed by atoms with Crippen LogP contribution in [0.4, 0.5) is 0 Å². The molecule has 14 heavy (non-hydrogen) atoms. The average Bonchev–Trinajstić information content (AvgIpc) is 2.01. The molecular formula is C11H14O2S. The monoisotopic (exact) mass is 210 g/mol. The lowest BCUT2D eigenvalue weighted by Gasteiger charge is -2.07. The third-order valence-corrected chi connectivity index (χ3v) is 2.40. The number of hydrogen-bond donors (Lipinski definition) is 2. The van der Waals surface area contributed by atoms with Crippen LogP contribution in [0, 0.1) is 13.8 Å². The fourth-order valence-corrected chi connectivity index (χ4v) is 1.71. The van der Waals surface area contributed by atoms with Gasteiger partial charge in [-0.25, -0.2) is 0 Å². The zero-order valence-electron chi connectivity index (χ0n) is 8.32. The van der Waals surface area contributed by atoms with Crippen LogP contribution >= 0.6 is 12.6 Å². The first-order valence-corrected chi connectivity index (χ1v) is 4.98. The SMILES string of the molecule is Cc1cc(C)cc(CC(S)C(=O)O)c1. The number of aliphatic carboxylic acids is 1. The van der Waals surface area contributed by atoms with Crippen molar-refractivity contribution in [1.82, 2.24) is 0 Å². The summed E-state index contributed by atoms with van der Waals surface area (Å²) in [5.41, 5.74) is 3.35. The molecule has 0 radical (unpaired) electrons. The summed E-state index contributed by atoms with van der Waals surface area (Å²) in [5.74, 6) is -0.868. The normalized spacial score (nSPS) is 12.5. The van der Waals surface area contributed by atoms with Crippen molar-refractivity contribution in [1.29, 1.82) is 0 Å². The zero-order chi connectivity index (χ0) is 10.7. The Balaban J connectivity index is 2.81. The molecule has 2 nitrogen and oxygen atoms in total. The first-order valence-electron chi connectivity index (χ1n) is 4.47. The van der Waals surface area contributed by atoms with Gasteiger partial charge in [-0.05, 0) is 25.8 Å². The predicted octanol–water partition coefficient (Wildman–Crippen LogP) is 2.23. The number of benzene rings is 1. The molecule has 0 fully saturated rings. The Morgan fingerprint density at radius 3 is 2.29 bits per heavy atom. The minimum absolute atomic E-state index is 0.473. The van der Waals surface area contributed by atoms with E-state index in [9.17, 15) is 4.79 Å². The lowest BCUT2D eigenvalue weighted by atomic mass is 10.0. The highest BCUT2D eigenvalue weighted by Crippen LogP contribution is 2.13. The van der Waals surface area contributed by atoms with Crippen LogP contribution in [0.25, 0.3) is 0 Å². The number of carbonyl (C=O) groups is 1. The Labute approximate surface area is 89.4 Å². The molecule has 1 atom stereocenters. The Kier molecular flexibility index (Phi) is 3.58. The Bertz CT molecular complexity index is 327. The van der Waals surface area contributed by atoms with Gasteiger partial charge in [0, 0.05) is 0 Å². The molecule has 0 spiro atoms. The molecule has 0 saturated heterocycles. The van der Waals surface area contributed by atoms with E-state index in [-0.39, 0.29) is 0 Å². The molecule has 0 amide bonds. The molecule has 0 aliphatic carbocycles. The first-order chi connectivity index (χ1) is 6.49. The van der Waals surface area contributed by atoms with E-state index >= 15 is 0 Å². The number of rotatable bonds is 3. The van der Waals surface area contributed by atoms with E-state index in [1.165, 1.54) is 0 Å². The summed E-state index contributed by atoms with van der Waals surface area (Å²) in [4.78, 5) is 10.6. The van der Waals surface area contributed by atoms with Gasteiger partial charge in [0.15, 0.2) is 0 Å². The van der Waals surface area contributed by atoms with Gasteiger partial charge in [0.1, 0.15) is 5.25 Å². The van der Waals surface area contributed by atoms with Crippen molar-refractivity contribution < 1.29 is 9.90 Å². The zero-order valence-corrected chi connectivity index (χ0v) is 9.21. The molecule has 1 unspecified atom stereocenters. The van der Waals surface area contributed by atoms with Gasteiger partial charge < -0.3 is 5.11 Å². The number of carboxylic acids is 1. The first kappa shape index (κ1) is 11.1. The van der Waals surface area contributed by atoms with Crippen molar-refractivity contribution in [3.05, 3.63) is 34.9 Å². The fourth-order valence-electron chi connectivity index (χ4n) is 1.50. The predicted molar refractivity (Wildman–Crippen MR) is 60.0 cm³/mol. The van der Waals surface area contributed by atoms with Crippen molar-refractivity contribution in [3.63, 3.8) is 0 Å². The van der Waals surface area contributed by atoms with Gasteiger partial charge in [0.05, 0.1) is 0 Å². The van der Waals surface area contributed by atoms with Crippen molar-refractivity contribution >= 4 is 18.6 Å². The fraction of sp³-hybridized carbons (Fsp3) is 0.364. The summed E-state index contributed by atoms with van der Waals surface area (Å²) in [6.45, 7) is 4.01. The maximum absolute atomic E-state index is 10.6. The Morgan fingerprint density at radius 2 is 1.86 bits per heavy atom. The lowest BCUT2D eigenvalue weighted by Crippen LogP contribution is -2.16. The topological polar surface area (TPSA) is 37.3 Å². The highest BCUT2D eigenvalue weighted by molar-refractivity contribution is 7.81. The van der Waals surface area contributed by atoms with E-state index in [4.69, 9.17) is 5.11 Å². The smallest absolute Gasteiger partial charge is 0.316 e. The summed E-state index contributed by atoms with van der Waals surface area (Å²) < 4.78 is 0. The van der Waals surface area contributed by atoms with Crippen molar-refractivity contribution in [3.8, 4) is 0 Å². The van der Waals surface area contributed by atoms with Crippen LogP contribution in [0.15, 0.2) is 18.2 Å². The number of aryl methyl sites for hydroxylation is 2. The molecule has 1 N–H and O–H groups in total. The van der Waals surface area contributed by atoms with E-state index in [1.807, 2.05) is 26.0 Å². The van der Waals surface area contributed by atoms with Gasteiger partial charge in [-0.3, -0.25) is 4.79 Å². The third kappa shape index (κ3) is 3.07. The van der Waals surface area contributed by atoms with Crippen LogP contribution in [0.5, 0.6) is 0 Å². The second kappa shape index (κ2) is 4.51. The number of carboxylic acid groups (broad SMARTS) is 1. The molecule has 0 saturated carbocycles. The van der Waals surface area contributed by atoms with E-state index in [0.29, 0.717) is 6.42 Å². The maximum Gasteiger partial charge on any atom is 0.316 e. The standard InChI is InChI=1S/C11H14O2S/c1-7-3-8(2)5-9(4-7)6-10(14)11(12)13/h3-5,10,14H,6H2,1-2H3,(H,12,13). The molecule has 0 bridgehead atoms. The Morgan fingerprint density at radius 1 is 1.36 bits per heavy atom. The molecule has 1 rings (SSSR count).